The number of para-hydroxylation sites is 2. The van der Waals surface area contributed by atoms with E-state index in [2.05, 4.69) is 10.3 Å². The summed E-state index contributed by atoms with van der Waals surface area (Å²) in [7, 11) is 0. The standard InChI is InChI=1S/C18H15F2N3O3S/c19-17(20)27-18-22-12-3-1-2-4-13(12)23(18)9-16(24)21-8-11-5-6-14-15(7-11)26-10-25-14/h1-7,17H,8-10H2,(H,21,24). The van der Waals surface area contributed by atoms with Crippen LogP contribution in [0, 0.1) is 0 Å². The minimum absolute atomic E-state index is 0.0971. The topological polar surface area (TPSA) is 65.4 Å². The molecule has 3 aromatic rings. The fourth-order valence-electron chi connectivity index (χ4n) is 2.83. The molecule has 0 radical (unpaired) electrons. The molecule has 9 heteroatoms. The van der Waals surface area contributed by atoms with Crippen molar-refractivity contribution in [1.29, 1.82) is 0 Å². The molecule has 0 bridgehead atoms. The zero-order chi connectivity index (χ0) is 18.8. The number of imidazole rings is 1. The van der Waals surface area contributed by atoms with E-state index in [0.29, 0.717) is 40.8 Å². The number of carbonyl (C=O) groups is 1. The minimum atomic E-state index is -2.61. The fraction of sp³-hybridized carbons (Fsp3) is 0.222. The summed E-state index contributed by atoms with van der Waals surface area (Å²) in [6.45, 7) is 0.378. The molecule has 4 rings (SSSR count). The highest BCUT2D eigenvalue weighted by molar-refractivity contribution is 7.99. The van der Waals surface area contributed by atoms with Crippen LogP contribution in [0.5, 0.6) is 11.5 Å². The number of alkyl halides is 2. The van der Waals surface area contributed by atoms with E-state index in [9.17, 15) is 13.6 Å². The number of thioether (sulfide) groups is 1. The number of rotatable bonds is 6. The summed E-state index contributed by atoms with van der Waals surface area (Å²) in [6, 6.07) is 12.4. The first kappa shape index (κ1) is 17.6. The average Bonchev–Trinajstić information content (AvgIpc) is 3.24. The third-order valence-electron chi connectivity index (χ3n) is 4.04. The van der Waals surface area contributed by atoms with Crippen molar-refractivity contribution in [2.45, 2.75) is 24.0 Å². The number of hydrogen-bond donors (Lipinski definition) is 1. The van der Waals surface area contributed by atoms with Gasteiger partial charge in [0.05, 0.1) is 11.0 Å². The van der Waals surface area contributed by atoms with Crippen LogP contribution in [0.4, 0.5) is 8.78 Å². The zero-order valence-electron chi connectivity index (χ0n) is 14.0. The van der Waals surface area contributed by atoms with Crippen LogP contribution in [0.15, 0.2) is 47.6 Å². The van der Waals surface area contributed by atoms with Crippen molar-refractivity contribution in [3.63, 3.8) is 0 Å². The Bertz CT molecular complexity index is 993. The monoisotopic (exact) mass is 391 g/mol. The van der Waals surface area contributed by atoms with Gasteiger partial charge < -0.3 is 19.4 Å². The highest BCUT2D eigenvalue weighted by atomic mass is 32.2. The lowest BCUT2D eigenvalue weighted by Gasteiger charge is -2.10. The Kier molecular flexibility index (Phi) is 4.85. The number of benzene rings is 2. The van der Waals surface area contributed by atoms with Gasteiger partial charge in [-0.1, -0.05) is 18.2 Å². The Balaban J connectivity index is 1.47. The summed E-state index contributed by atoms with van der Waals surface area (Å²) in [5, 5.41) is 2.91. The predicted molar refractivity (Wildman–Crippen MR) is 96.0 cm³/mol. The van der Waals surface area contributed by atoms with Crippen LogP contribution in [0.1, 0.15) is 5.56 Å². The van der Waals surface area contributed by atoms with E-state index < -0.39 is 5.76 Å². The molecule has 6 nitrogen and oxygen atoms in total. The summed E-state index contributed by atoms with van der Waals surface area (Å²) in [5.74, 6) is -1.61. The summed E-state index contributed by atoms with van der Waals surface area (Å²) in [5.41, 5.74) is 2.06. The maximum absolute atomic E-state index is 12.8. The summed E-state index contributed by atoms with van der Waals surface area (Å²) in [6.07, 6.45) is 0. The fourth-order valence-corrected chi connectivity index (χ4v) is 3.43. The highest BCUT2D eigenvalue weighted by Crippen LogP contribution is 2.32. The maximum atomic E-state index is 12.8. The number of carbonyl (C=O) groups excluding carboxylic acids is 1. The van der Waals surface area contributed by atoms with E-state index in [1.165, 1.54) is 4.57 Å². The van der Waals surface area contributed by atoms with Crippen molar-refractivity contribution in [3.05, 3.63) is 48.0 Å². The maximum Gasteiger partial charge on any atom is 0.291 e. The van der Waals surface area contributed by atoms with Gasteiger partial charge >= 0.3 is 0 Å². The Morgan fingerprint density at radius 3 is 2.89 bits per heavy atom. The molecule has 1 aromatic heterocycles. The first-order valence-corrected chi connectivity index (χ1v) is 9.03. The van der Waals surface area contributed by atoms with Crippen molar-refractivity contribution < 1.29 is 23.0 Å². The molecule has 1 amide bonds. The number of ether oxygens (including phenoxy) is 2. The molecule has 0 saturated heterocycles. The van der Waals surface area contributed by atoms with Gasteiger partial charge in [-0.05, 0) is 41.6 Å². The molecule has 2 aromatic carbocycles. The van der Waals surface area contributed by atoms with Gasteiger partial charge in [-0.2, -0.15) is 8.78 Å². The third-order valence-corrected chi connectivity index (χ3v) is 4.74. The van der Waals surface area contributed by atoms with Gasteiger partial charge in [-0.3, -0.25) is 4.79 Å². The quantitative estimate of drug-likeness (QED) is 0.653. The Morgan fingerprint density at radius 2 is 2.04 bits per heavy atom. The van der Waals surface area contributed by atoms with Crippen LogP contribution in [0.3, 0.4) is 0 Å². The van der Waals surface area contributed by atoms with Crippen LogP contribution in [-0.2, 0) is 17.9 Å². The van der Waals surface area contributed by atoms with Gasteiger partial charge in [0.15, 0.2) is 16.7 Å². The molecule has 1 aliphatic rings. The van der Waals surface area contributed by atoms with E-state index in [1.807, 2.05) is 6.07 Å². The van der Waals surface area contributed by atoms with Gasteiger partial charge in [-0.15, -0.1) is 0 Å². The molecular weight excluding hydrogens is 376 g/mol. The Labute approximate surface area is 157 Å². The molecule has 0 aliphatic carbocycles. The Hall–Kier alpha value is -2.81. The van der Waals surface area contributed by atoms with Crippen LogP contribution in [-0.4, -0.2) is 28.0 Å². The second-order valence-corrected chi connectivity index (χ2v) is 6.77. The first-order valence-electron chi connectivity index (χ1n) is 8.15. The number of halogens is 2. The van der Waals surface area contributed by atoms with Crippen LogP contribution in [0.2, 0.25) is 0 Å². The number of nitrogens with one attached hydrogen (secondary N) is 1. The number of hydrogen-bond acceptors (Lipinski definition) is 5. The SMILES string of the molecule is O=C(Cn1c(SC(F)F)nc2ccccc21)NCc1ccc2c(c1)OCO2. The largest absolute Gasteiger partial charge is 0.454 e. The van der Waals surface area contributed by atoms with Crippen LogP contribution >= 0.6 is 11.8 Å². The van der Waals surface area contributed by atoms with E-state index in [1.54, 1.807) is 36.4 Å². The summed E-state index contributed by atoms with van der Waals surface area (Å²) >= 11 is 0.329. The molecule has 1 aliphatic heterocycles. The minimum Gasteiger partial charge on any atom is -0.454 e. The van der Waals surface area contributed by atoms with E-state index in [0.717, 1.165) is 5.56 Å². The highest BCUT2D eigenvalue weighted by Gasteiger charge is 2.18. The second kappa shape index (κ2) is 7.43. The molecule has 27 heavy (non-hydrogen) atoms. The second-order valence-electron chi connectivity index (χ2n) is 5.81. The summed E-state index contributed by atoms with van der Waals surface area (Å²) < 4.78 is 37.7. The van der Waals surface area contributed by atoms with Crippen LogP contribution < -0.4 is 14.8 Å². The molecule has 0 unspecified atom stereocenters. The van der Waals surface area contributed by atoms with Crippen molar-refractivity contribution >= 4 is 28.7 Å². The Morgan fingerprint density at radius 1 is 1.22 bits per heavy atom. The molecular formula is C18H15F2N3O3S. The molecule has 0 atom stereocenters. The van der Waals surface area contributed by atoms with Crippen molar-refractivity contribution in [2.24, 2.45) is 0 Å². The predicted octanol–water partition coefficient (Wildman–Crippen LogP) is 3.40. The van der Waals surface area contributed by atoms with Crippen molar-refractivity contribution in [3.8, 4) is 11.5 Å². The lowest BCUT2D eigenvalue weighted by Crippen LogP contribution is -2.27. The number of nitrogens with zero attached hydrogens (tertiary/aromatic N) is 2. The smallest absolute Gasteiger partial charge is 0.291 e. The first-order chi connectivity index (χ1) is 13.1. The van der Waals surface area contributed by atoms with E-state index >= 15 is 0 Å². The van der Waals surface area contributed by atoms with Gasteiger partial charge in [0.1, 0.15) is 6.54 Å². The molecule has 0 saturated carbocycles. The molecule has 1 N–H and O–H groups in total. The van der Waals surface area contributed by atoms with Gasteiger partial charge in [-0.25, -0.2) is 4.98 Å². The normalized spacial score (nSPS) is 12.7. The average molecular weight is 391 g/mol. The molecule has 0 fully saturated rings. The van der Waals surface area contributed by atoms with Gasteiger partial charge in [0, 0.05) is 6.54 Å². The summed E-state index contributed by atoms with van der Waals surface area (Å²) in [4.78, 5) is 16.6. The van der Waals surface area contributed by atoms with Crippen LogP contribution in [0.25, 0.3) is 11.0 Å². The number of aromatic nitrogens is 2. The lowest BCUT2D eigenvalue weighted by molar-refractivity contribution is -0.121. The number of amides is 1. The molecule has 2 heterocycles. The van der Waals surface area contributed by atoms with E-state index in [4.69, 9.17) is 9.47 Å². The number of fused-ring (bicyclic) bond motifs is 2. The molecule has 0 spiro atoms. The molecule has 140 valence electrons. The lowest BCUT2D eigenvalue weighted by atomic mass is 10.2. The van der Waals surface area contributed by atoms with Gasteiger partial charge in [0.2, 0.25) is 12.7 Å². The van der Waals surface area contributed by atoms with Gasteiger partial charge in [0.25, 0.3) is 5.76 Å². The van der Waals surface area contributed by atoms with E-state index in [-0.39, 0.29) is 24.4 Å². The third kappa shape index (κ3) is 3.82. The van der Waals surface area contributed by atoms with Crippen molar-refractivity contribution in [2.75, 3.05) is 6.79 Å². The van der Waals surface area contributed by atoms with Crippen molar-refractivity contribution in [1.82, 2.24) is 14.9 Å². The zero-order valence-corrected chi connectivity index (χ0v) is 14.8.